The van der Waals surface area contributed by atoms with Crippen LogP contribution in [-0.2, 0) is 0 Å². The third-order valence-corrected chi connectivity index (χ3v) is 3.21. The fraction of sp³-hybridized carbons (Fsp3) is 0.500. The van der Waals surface area contributed by atoms with Gasteiger partial charge in [-0.3, -0.25) is 4.90 Å². The number of alkyl halides is 3. The summed E-state index contributed by atoms with van der Waals surface area (Å²) in [7, 11) is 0. The maximum Gasteiger partial charge on any atom is 0.408 e. The monoisotopic (exact) mass is 368 g/mol. The molecule has 1 aromatic carbocycles. The summed E-state index contributed by atoms with van der Waals surface area (Å²) in [5, 5.41) is 12.4. The van der Waals surface area contributed by atoms with Gasteiger partial charge in [0.15, 0.2) is 11.6 Å². The number of nitrogens with zero attached hydrogens (tertiary/aromatic N) is 1. The molecule has 1 aliphatic heterocycles. The van der Waals surface area contributed by atoms with Gasteiger partial charge < -0.3 is 10.4 Å². The van der Waals surface area contributed by atoms with E-state index >= 15 is 0 Å². The Morgan fingerprint density at radius 2 is 1.55 bits per heavy atom. The van der Waals surface area contributed by atoms with Crippen molar-refractivity contribution < 1.29 is 27.1 Å². The summed E-state index contributed by atoms with van der Waals surface area (Å²) < 4.78 is 66.6. The lowest BCUT2D eigenvalue weighted by Crippen LogP contribution is -2.49. The molecule has 0 amide bonds. The Balaban J connectivity index is 0.00000220. The van der Waals surface area contributed by atoms with Crippen LogP contribution >= 0.6 is 24.8 Å². The van der Waals surface area contributed by atoms with Crippen molar-refractivity contribution >= 4 is 24.8 Å². The van der Waals surface area contributed by atoms with Crippen LogP contribution in [0, 0.1) is 11.6 Å². The van der Waals surface area contributed by atoms with E-state index in [9.17, 15) is 27.1 Å². The second-order valence-corrected chi connectivity index (χ2v) is 4.52. The summed E-state index contributed by atoms with van der Waals surface area (Å²) in [4.78, 5) is 0.980. The average molecular weight is 369 g/mol. The van der Waals surface area contributed by atoms with Crippen LogP contribution in [0.5, 0.6) is 5.75 Å². The maximum absolute atomic E-state index is 13.7. The van der Waals surface area contributed by atoms with Gasteiger partial charge in [0.05, 0.1) is 5.56 Å². The van der Waals surface area contributed by atoms with Crippen LogP contribution in [0.25, 0.3) is 0 Å². The molecule has 10 heteroatoms. The van der Waals surface area contributed by atoms with Crippen molar-refractivity contribution in [3.8, 4) is 5.75 Å². The predicted octanol–water partition coefficient (Wildman–Crippen LogP) is 3.02. The number of phenols is 1. The zero-order valence-electron chi connectivity index (χ0n) is 11.2. The first-order chi connectivity index (χ1) is 9.32. The molecule has 0 saturated carbocycles. The van der Waals surface area contributed by atoms with Gasteiger partial charge in [-0.1, -0.05) is 0 Å². The molecule has 1 fully saturated rings. The van der Waals surface area contributed by atoms with Gasteiger partial charge >= 0.3 is 6.18 Å². The van der Waals surface area contributed by atoms with E-state index in [4.69, 9.17) is 0 Å². The number of hydrogen-bond acceptors (Lipinski definition) is 3. The van der Waals surface area contributed by atoms with Gasteiger partial charge in [-0.15, -0.1) is 24.8 Å². The van der Waals surface area contributed by atoms with Gasteiger partial charge in [-0.25, -0.2) is 8.78 Å². The van der Waals surface area contributed by atoms with Crippen LogP contribution in [0.3, 0.4) is 0 Å². The van der Waals surface area contributed by atoms with Gasteiger partial charge in [0, 0.05) is 26.2 Å². The molecule has 3 nitrogen and oxygen atoms in total. The quantitative estimate of drug-likeness (QED) is 0.787. The molecule has 0 bridgehead atoms. The summed E-state index contributed by atoms with van der Waals surface area (Å²) in [5.41, 5.74) is -1.06. The minimum atomic E-state index is -4.82. The summed E-state index contributed by atoms with van der Waals surface area (Å²) in [6, 6.07) is -1.18. The Morgan fingerprint density at radius 3 is 2.05 bits per heavy atom. The van der Waals surface area contributed by atoms with Crippen LogP contribution in [-0.4, -0.2) is 42.4 Å². The molecule has 1 saturated heterocycles. The summed E-state index contributed by atoms with van der Waals surface area (Å²) in [5.74, 6) is -3.83. The van der Waals surface area contributed by atoms with E-state index in [1.54, 1.807) is 0 Å². The van der Waals surface area contributed by atoms with Crippen molar-refractivity contribution in [1.29, 1.82) is 0 Å². The third kappa shape index (κ3) is 4.34. The third-order valence-electron chi connectivity index (χ3n) is 3.21. The number of aromatic hydroxyl groups is 1. The second kappa shape index (κ2) is 8.14. The Kier molecular flexibility index (Phi) is 7.84. The van der Waals surface area contributed by atoms with Gasteiger partial charge in [0.25, 0.3) is 0 Å². The second-order valence-electron chi connectivity index (χ2n) is 4.52. The highest BCUT2D eigenvalue weighted by atomic mass is 35.5. The minimum Gasteiger partial charge on any atom is -0.505 e. The minimum absolute atomic E-state index is 0. The molecule has 128 valence electrons. The Hall–Kier alpha value is -0.830. The van der Waals surface area contributed by atoms with Crippen LogP contribution < -0.4 is 5.32 Å². The van der Waals surface area contributed by atoms with Crippen molar-refractivity contribution in [1.82, 2.24) is 10.2 Å². The highest BCUT2D eigenvalue weighted by Crippen LogP contribution is 2.43. The zero-order chi connectivity index (χ0) is 14.9. The summed E-state index contributed by atoms with van der Waals surface area (Å²) in [6.07, 6.45) is -4.82. The molecule has 0 radical (unpaired) electrons. The molecule has 0 aliphatic carbocycles. The number of halogens is 7. The molecule has 1 aliphatic rings. The molecule has 22 heavy (non-hydrogen) atoms. The van der Waals surface area contributed by atoms with E-state index in [0.717, 1.165) is 4.90 Å². The molecule has 0 aromatic heterocycles. The molecule has 0 unspecified atom stereocenters. The lowest BCUT2D eigenvalue weighted by Gasteiger charge is -2.36. The smallest absolute Gasteiger partial charge is 0.408 e. The van der Waals surface area contributed by atoms with E-state index in [-0.39, 0.29) is 37.9 Å². The number of hydrogen-bond donors (Lipinski definition) is 2. The Labute approximate surface area is 136 Å². The zero-order valence-corrected chi connectivity index (χ0v) is 12.8. The van der Waals surface area contributed by atoms with Gasteiger partial charge in [-0.05, 0) is 12.1 Å². The summed E-state index contributed by atoms with van der Waals surface area (Å²) in [6.45, 7) is 0.674. The van der Waals surface area contributed by atoms with Gasteiger partial charge in [0.2, 0.25) is 0 Å². The van der Waals surface area contributed by atoms with Crippen molar-refractivity contribution in [3.63, 3.8) is 0 Å². The average Bonchev–Trinajstić information content (AvgIpc) is 2.39. The molecular formula is C12H15Cl2F5N2O. The topological polar surface area (TPSA) is 35.5 Å². The standard InChI is InChI=1S/C12H13F5N2O.2ClH/c13-7-1-2-8(14)10(20)9(7)11(12(15,16)17)19-5-3-18-4-6-19;;/h1-2,11,18,20H,3-6H2;2*1H/t11-;;/m0../s1. The van der Waals surface area contributed by atoms with E-state index in [2.05, 4.69) is 5.32 Å². The molecule has 2 N–H and O–H groups in total. The van der Waals surface area contributed by atoms with Crippen LogP contribution in [0.2, 0.25) is 0 Å². The maximum atomic E-state index is 13.7. The molecule has 1 atom stereocenters. The van der Waals surface area contributed by atoms with Gasteiger partial charge in [-0.2, -0.15) is 13.2 Å². The first-order valence-electron chi connectivity index (χ1n) is 6.00. The summed E-state index contributed by atoms with van der Waals surface area (Å²) >= 11 is 0. The van der Waals surface area contributed by atoms with Crippen LogP contribution in [0.1, 0.15) is 11.6 Å². The molecular weight excluding hydrogens is 354 g/mol. The number of rotatable bonds is 2. The number of benzene rings is 1. The van der Waals surface area contributed by atoms with E-state index in [0.29, 0.717) is 25.2 Å². The van der Waals surface area contributed by atoms with E-state index < -0.39 is 35.2 Å². The van der Waals surface area contributed by atoms with Gasteiger partial charge in [0.1, 0.15) is 11.9 Å². The highest BCUT2D eigenvalue weighted by Gasteiger charge is 2.47. The Morgan fingerprint density at radius 1 is 1.05 bits per heavy atom. The number of phenolic OH excluding ortho intramolecular Hbond substituents is 1. The largest absolute Gasteiger partial charge is 0.505 e. The normalized spacial score (nSPS) is 17.3. The Bertz CT molecular complexity index is 495. The predicted molar refractivity (Wildman–Crippen MR) is 75.8 cm³/mol. The first-order valence-corrected chi connectivity index (χ1v) is 6.00. The molecule has 0 spiro atoms. The lowest BCUT2D eigenvalue weighted by atomic mass is 10.0. The SMILES string of the molecule is Cl.Cl.Oc1c(F)ccc(F)c1[C@H](N1CCNCC1)C(F)(F)F. The van der Waals surface area contributed by atoms with Crippen molar-refractivity contribution in [3.05, 3.63) is 29.3 Å². The van der Waals surface area contributed by atoms with Crippen LogP contribution in [0.15, 0.2) is 12.1 Å². The van der Waals surface area contributed by atoms with E-state index in [1.165, 1.54) is 0 Å². The molecule has 2 rings (SSSR count). The van der Waals surface area contributed by atoms with E-state index in [1.807, 2.05) is 0 Å². The fourth-order valence-electron chi connectivity index (χ4n) is 2.31. The first kappa shape index (κ1) is 21.2. The number of nitrogens with one attached hydrogen (secondary N) is 1. The molecule has 1 aromatic rings. The fourth-order valence-corrected chi connectivity index (χ4v) is 2.31. The molecule has 1 heterocycles. The van der Waals surface area contributed by atoms with Crippen molar-refractivity contribution in [2.75, 3.05) is 26.2 Å². The lowest BCUT2D eigenvalue weighted by molar-refractivity contribution is -0.189. The highest BCUT2D eigenvalue weighted by molar-refractivity contribution is 5.85. The van der Waals surface area contributed by atoms with Crippen molar-refractivity contribution in [2.24, 2.45) is 0 Å². The van der Waals surface area contributed by atoms with Crippen molar-refractivity contribution in [2.45, 2.75) is 12.2 Å². The van der Waals surface area contributed by atoms with Crippen LogP contribution in [0.4, 0.5) is 22.0 Å². The number of piperazine rings is 1.